The monoisotopic (exact) mass is 530 g/mol. The molecule has 12 heteroatoms. The summed E-state index contributed by atoms with van der Waals surface area (Å²) in [5.74, 6) is -1.74. The second-order valence-corrected chi connectivity index (χ2v) is 19.3. The first-order chi connectivity index (χ1) is 16.3. The van der Waals surface area contributed by atoms with Crippen molar-refractivity contribution in [3.63, 3.8) is 0 Å². The molecule has 198 valence electrons. The number of ketones is 1. The van der Waals surface area contributed by atoms with Crippen molar-refractivity contribution in [3.05, 3.63) is 22.5 Å². The van der Waals surface area contributed by atoms with Gasteiger partial charge in [-0.2, -0.15) is 9.37 Å². The van der Waals surface area contributed by atoms with Gasteiger partial charge in [0.2, 0.25) is 17.8 Å². The number of carbonyl (C=O) groups is 1. The van der Waals surface area contributed by atoms with Crippen LogP contribution >= 0.6 is 0 Å². The molecule has 0 aliphatic carbocycles. The first-order valence-corrected chi connectivity index (χ1v) is 16.4. The molecule has 35 heavy (non-hydrogen) atoms. The summed E-state index contributed by atoms with van der Waals surface area (Å²) >= 11 is 0. The van der Waals surface area contributed by atoms with E-state index in [-0.39, 0.29) is 35.4 Å². The number of Topliss-reactive ketones (excluding diaryl/α,β-unsaturated/α-hetero) is 1. The maximum atomic E-state index is 14.5. The molecule has 2 fully saturated rings. The summed E-state index contributed by atoms with van der Waals surface area (Å²) in [4.78, 5) is 29.9. The van der Waals surface area contributed by atoms with Crippen molar-refractivity contribution in [1.82, 2.24) is 9.55 Å². The fourth-order valence-electron chi connectivity index (χ4n) is 5.05. The van der Waals surface area contributed by atoms with Crippen LogP contribution in [0, 0.1) is 5.82 Å². The van der Waals surface area contributed by atoms with Crippen molar-refractivity contribution in [2.24, 2.45) is 0 Å². The lowest BCUT2D eigenvalue weighted by molar-refractivity contribution is -0.130. The van der Waals surface area contributed by atoms with Gasteiger partial charge in [0.05, 0.1) is 19.4 Å². The molecule has 0 amide bonds. The fourth-order valence-corrected chi connectivity index (χ4v) is 16.2. The van der Waals surface area contributed by atoms with E-state index in [1.165, 1.54) is 0 Å². The molecular weight excluding hydrogens is 491 g/mol. The predicted molar refractivity (Wildman–Crippen MR) is 132 cm³/mol. The van der Waals surface area contributed by atoms with Crippen LogP contribution in [0.1, 0.15) is 68.5 Å². The Bertz CT molecular complexity index is 969. The number of hydrogen-bond acceptors (Lipinski definition) is 8. The second-order valence-electron chi connectivity index (χ2n) is 10.5. The van der Waals surface area contributed by atoms with Gasteiger partial charge >= 0.3 is 22.8 Å². The highest BCUT2D eigenvalue weighted by Gasteiger charge is 2.61. The Hall–Kier alpha value is -1.45. The predicted octanol–water partition coefficient (Wildman–Crippen LogP) is 4.20. The third-order valence-corrected chi connectivity index (χ3v) is 17.1. The van der Waals surface area contributed by atoms with E-state index in [0.717, 1.165) is 10.8 Å². The number of nitrogens with zero attached hydrogens (tertiary/aromatic N) is 2. The summed E-state index contributed by atoms with van der Waals surface area (Å²) in [7, 11) is -5.86. The average molecular weight is 531 g/mol. The van der Waals surface area contributed by atoms with E-state index >= 15 is 0 Å². The Kier molecular flexibility index (Phi) is 8.44. The van der Waals surface area contributed by atoms with Crippen molar-refractivity contribution in [3.8, 4) is 5.88 Å². The summed E-state index contributed by atoms with van der Waals surface area (Å²) in [5.41, 5.74) is -0.537. The minimum Gasteiger partial charge on any atom is -0.476 e. The molecule has 3 rings (SSSR count). The van der Waals surface area contributed by atoms with E-state index in [1.807, 2.05) is 0 Å². The molecule has 2 saturated heterocycles. The van der Waals surface area contributed by atoms with Crippen molar-refractivity contribution < 1.29 is 31.6 Å². The van der Waals surface area contributed by atoms with Crippen LogP contribution in [0.4, 0.5) is 4.39 Å². The van der Waals surface area contributed by atoms with Gasteiger partial charge in [-0.25, -0.2) is 4.79 Å². The maximum absolute atomic E-state index is 14.5. The topological polar surface area (TPSA) is 98.1 Å². The molecule has 0 unspecified atom stereocenters. The molecule has 0 aromatic carbocycles. The van der Waals surface area contributed by atoms with Crippen LogP contribution in [0.15, 0.2) is 11.0 Å². The number of carbonyl (C=O) groups excluding carboxylic acids is 1. The van der Waals surface area contributed by atoms with E-state index in [2.05, 4.69) is 60.4 Å². The van der Waals surface area contributed by atoms with Gasteiger partial charge in [0.25, 0.3) is 5.88 Å². The van der Waals surface area contributed by atoms with Gasteiger partial charge in [-0.1, -0.05) is 55.4 Å². The Morgan fingerprint density at radius 2 is 1.63 bits per heavy atom. The number of fused-ring (bicyclic) bond motifs is 1. The zero-order valence-corrected chi connectivity index (χ0v) is 24.2. The molecule has 1 aromatic rings. The largest absolute Gasteiger partial charge is 0.476 e. The Balaban J connectivity index is 2.07. The highest BCUT2D eigenvalue weighted by molar-refractivity contribution is 6.84. The molecular formula is C23H39FN2O7Si2. The smallest absolute Gasteiger partial charge is 0.353 e. The third kappa shape index (κ3) is 4.92. The summed E-state index contributed by atoms with van der Waals surface area (Å²) in [6.45, 7) is 18.5. The molecule has 0 saturated carbocycles. The molecule has 3 heterocycles. The average Bonchev–Trinajstić information content (AvgIpc) is 3.04. The van der Waals surface area contributed by atoms with Crippen LogP contribution in [-0.2, 0) is 22.5 Å². The summed E-state index contributed by atoms with van der Waals surface area (Å²) in [5, 5.41) is 0. The van der Waals surface area contributed by atoms with Gasteiger partial charge in [-0.15, -0.1) is 0 Å². The quantitative estimate of drug-likeness (QED) is 0.484. The van der Waals surface area contributed by atoms with Crippen molar-refractivity contribution in [2.75, 3.05) is 13.2 Å². The van der Waals surface area contributed by atoms with Gasteiger partial charge in [-0.05, 0) is 29.1 Å². The molecule has 3 atom stereocenters. The molecule has 0 bridgehead atoms. The van der Waals surface area contributed by atoms with Crippen LogP contribution in [0.2, 0.25) is 22.2 Å². The number of ether oxygens (including phenoxy) is 2. The first kappa shape index (κ1) is 28.1. The van der Waals surface area contributed by atoms with E-state index in [9.17, 15) is 14.0 Å². The van der Waals surface area contributed by atoms with E-state index in [0.29, 0.717) is 0 Å². The number of halogens is 1. The molecule has 0 N–H and O–H groups in total. The van der Waals surface area contributed by atoms with Gasteiger partial charge in [0.15, 0.2) is 0 Å². The first-order valence-electron chi connectivity index (χ1n) is 12.4. The zero-order chi connectivity index (χ0) is 26.3. The third-order valence-electron chi connectivity index (χ3n) is 6.90. The van der Waals surface area contributed by atoms with Gasteiger partial charge in [0.1, 0.15) is 12.2 Å². The van der Waals surface area contributed by atoms with Crippen LogP contribution in [-0.4, -0.2) is 57.9 Å². The van der Waals surface area contributed by atoms with Gasteiger partial charge < -0.3 is 22.4 Å². The van der Waals surface area contributed by atoms with Crippen molar-refractivity contribution >= 4 is 22.9 Å². The lowest BCUT2D eigenvalue weighted by atomic mass is 10.1. The lowest BCUT2D eigenvalue weighted by Crippen LogP contribution is -2.65. The maximum Gasteiger partial charge on any atom is 0.353 e. The van der Waals surface area contributed by atoms with Crippen LogP contribution < -0.4 is 10.4 Å². The summed E-state index contributed by atoms with van der Waals surface area (Å²) in [6, 6.07) is 0. The van der Waals surface area contributed by atoms with Crippen LogP contribution in [0.3, 0.4) is 0 Å². The number of rotatable bonds is 7. The Labute approximate surface area is 208 Å². The fraction of sp³-hybridized carbons (Fsp3) is 0.783. The minimum atomic E-state index is -3.04. The lowest BCUT2D eigenvalue weighted by Gasteiger charge is -2.50. The van der Waals surface area contributed by atoms with Crippen molar-refractivity contribution in [1.29, 1.82) is 0 Å². The molecule has 0 spiro atoms. The Morgan fingerprint density at radius 3 is 2.14 bits per heavy atom. The number of hydrogen-bond donors (Lipinski definition) is 0. The highest BCUT2D eigenvalue weighted by Crippen LogP contribution is 2.47. The normalized spacial score (nSPS) is 26.3. The SMILES string of the molecule is CCOc1nc(=O)n([C@@H]2O[C@@H]3CO[Si](C(C)C)(C(C)C)O[Si](C(C)C)(C(C)C)O[C@H]3C2=O)cc1F. The molecule has 2 aliphatic heterocycles. The summed E-state index contributed by atoms with van der Waals surface area (Å²) in [6.07, 6.45) is -2.23. The Morgan fingerprint density at radius 1 is 1.06 bits per heavy atom. The standard InChI is InChI=1S/C23H39FN2O7Si2/c1-10-29-21-17(24)11-26(23(28)25-21)22-19(27)20-18(31-22)12-30-34(13(2)3,14(4)5)33-35(32-20,15(6)7)16(8)9/h11,13-16,18,20,22H,10,12H2,1-9H3/t18-,20-,22-/m1/s1. The van der Waals surface area contributed by atoms with E-state index in [4.69, 9.17) is 22.4 Å². The molecule has 1 aromatic heterocycles. The van der Waals surface area contributed by atoms with E-state index < -0.39 is 58.7 Å². The second kappa shape index (κ2) is 10.5. The zero-order valence-electron chi connectivity index (χ0n) is 22.2. The number of aromatic nitrogens is 2. The minimum absolute atomic E-state index is 0.0217. The van der Waals surface area contributed by atoms with Crippen molar-refractivity contribution in [2.45, 2.75) is 103 Å². The highest BCUT2D eigenvalue weighted by atomic mass is 28.5. The molecule has 9 nitrogen and oxygen atoms in total. The molecule has 2 aliphatic rings. The van der Waals surface area contributed by atoms with E-state index in [1.54, 1.807) is 6.92 Å². The molecule has 0 radical (unpaired) electrons. The van der Waals surface area contributed by atoms with Crippen LogP contribution in [0.5, 0.6) is 5.88 Å². The van der Waals surface area contributed by atoms with Crippen LogP contribution in [0.25, 0.3) is 0 Å². The van der Waals surface area contributed by atoms with Gasteiger partial charge in [0, 0.05) is 0 Å². The van der Waals surface area contributed by atoms with Gasteiger partial charge in [-0.3, -0.25) is 9.36 Å². The summed E-state index contributed by atoms with van der Waals surface area (Å²) < 4.78 is 46.9.